The van der Waals surface area contributed by atoms with E-state index in [4.69, 9.17) is 4.98 Å². The van der Waals surface area contributed by atoms with Crippen molar-refractivity contribution in [1.29, 1.82) is 0 Å². The molecule has 2 heterocycles. The SMILES string of the molecule is c1cnc(N2CCC3CCCCC32)c(CNC2CC2)c1. The summed E-state index contributed by atoms with van der Waals surface area (Å²) in [6, 6.07) is 5.87. The highest BCUT2D eigenvalue weighted by Crippen LogP contribution is 2.39. The Morgan fingerprint density at radius 1 is 1.15 bits per heavy atom. The summed E-state index contributed by atoms with van der Waals surface area (Å²) < 4.78 is 0. The van der Waals surface area contributed by atoms with E-state index in [1.807, 2.05) is 6.20 Å². The van der Waals surface area contributed by atoms with Crippen LogP contribution in [0.25, 0.3) is 0 Å². The van der Waals surface area contributed by atoms with Gasteiger partial charge in [0.25, 0.3) is 0 Å². The third-order valence-electron chi connectivity index (χ3n) is 5.31. The summed E-state index contributed by atoms with van der Waals surface area (Å²) in [5.41, 5.74) is 1.39. The Labute approximate surface area is 121 Å². The van der Waals surface area contributed by atoms with Gasteiger partial charge in [-0.05, 0) is 44.1 Å². The van der Waals surface area contributed by atoms with Crippen molar-refractivity contribution in [3.63, 3.8) is 0 Å². The minimum Gasteiger partial charge on any atom is -0.353 e. The van der Waals surface area contributed by atoms with Gasteiger partial charge in [-0.15, -0.1) is 0 Å². The second-order valence-corrected chi connectivity index (χ2v) is 6.74. The zero-order chi connectivity index (χ0) is 13.4. The van der Waals surface area contributed by atoms with Crippen molar-refractivity contribution in [2.75, 3.05) is 11.4 Å². The lowest BCUT2D eigenvalue weighted by molar-refractivity contribution is 0.341. The summed E-state index contributed by atoms with van der Waals surface area (Å²) in [6.45, 7) is 2.20. The highest BCUT2D eigenvalue weighted by atomic mass is 15.2. The summed E-state index contributed by atoms with van der Waals surface area (Å²) in [4.78, 5) is 7.35. The molecule has 0 amide bonds. The lowest BCUT2D eigenvalue weighted by Crippen LogP contribution is -2.36. The van der Waals surface area contributed by atoms with E-state index in [1.165, 1.54) is 62.9 Å². The van der Waals surface area contributed by atoms with Crippen molar-refractivity contribution in [2.45, 2.75) is 63.6 Å². The van der Waals surface area contributed by atoms with Gasteiger partial charge in [0.15, 0.2) is 0 Å². The van der Waals surface area contributed by atoms with E-state index < -0.39 is 0 Å². The molecule has 0 spiro atoms. The molecule has 4 rings (SSSR count). The lowest BCUT2D eigenvalue weighted by atomic mass is 9.85. The van der Waals surface area contributed by atoms with Crippen molar-refractivity contribution in [2.24, 2.45) is 5.92 Å². The van der Waals surface area contributed by atoms with Crippen LogP contribution in [0, 0.1) is 5.92 Å². The van der Waals surface area contributed by atoms with Crippen molar-refractivity contribution in [1.82, 2.24) is 10.3 Å². The molecule has 2 unspecified atom stereocenters. The van der Waals surface area contributed by atoms with Crippen molar-refractivity contribution in [3.8, 4) is 0 Å². The highest BCUT2D eigenvalue weighted by Gasteiger charge is 2.37. The van der Waals surface area contributed by atoms with E-state index in [9.17, 15) is 0 Å². The van der Waals surface area contributed by atoms with E-state index >= 15 is 0 Å². The van der Waals surface area contributed by atoms with Crippen LogP contribution in [0.3, 0.4) is 0 Å². The standard InChI is InChI=1S/C17H25N3/c1-2-6-16-13(4-1)9-11-20(16)17-14(5-3-10-18-17)12-19-15-7-8-15/h3,5,10,13,15-16,19H,1-2,4,6-9,11-12H2. The maximum atomic E-state index is 4.74. The molecule has 1 aliphatic heterocycles. The number of anilines is 1. The van der Waals surface area contributed by atoms with Gasteiger partial charge in [0.05, 0.1) is 0 Å². The molecule has 108 valence electrons. The molecule has 3 heteroatoms. The summed E-state index contributed by atoms with van der Waals surface area (Å²) in [5.74, 6) is 2.19. The first-order valence-corrected chi connectivity index (χ1v) is 8.36. The van der Waals surface area contributed by atoms with Crippen molar-refractivity contribution < 1.29 is 0 Å². The molecule has 1 aromatic heterocycles. The molecule has 1 saturated heterocycles. The first kappa shape index (κ1) is 12.6. The van der Waals surface area contributed by atoms with Gasteiger partial charge in [-0.3, -0.25) is 0 Å². The number of nitrogens with one attached hydrogen (secondary N) is 1. The summed E-state index contributed by atoms with van der Waals surface area (Å²) in [5, 5.41) is 3.64. The van der Waals surface area contributed by atoms with Crippen LogP contribution in [0.4, 0.5) is 5.82 Å². The Balaban J connectivity index is 1.54. The third kappa shape index (κ3) is 2.44. The highest BCUT2D eigenvalue weighted by molar-refractivity contribution is 5.49. The summed E-state index contributed by atoms with van der Waals surface area (Å²) >= 11 is 0. The molecular formula is C17H25N3. The van der Waals surface area contributed by atoms with Gasteiger partial charge < -0.3 is 10.2 Å². The smallest absolute Gasteiger partial charge is 0.133 e. The number of nitrogens with zero attached hydrogens (tertiary/aromatic N) is 2. The maximum absolute atomic E-state index is 4.74. The Morgan fingerprint density at radius 3 is 2.95 bits per heavy atom. The monoisotopic (exact) mass is 271 g/mol. The van der Waals surface area contributed by atoms with Gasteiger partial charge in [0.2, 0.25) is 0 Å². The zero-order valence-corrected chi connectivity index (χ0v) is 12.2. The first-order valence-electron chi connectivity index (χ1n) is 8.36. The molecule has 1 aromatic rings. The molecular weight excluding hydrogens is 246 g/mol. The van der Waals surface area contributed by atoms with Crippen LogP contribution in [0.15, 0.2) is 18.3 Å². The third-order valence-corrected chi connectivity index (χ3v) is 5.31. The molecule has 3 aliphatic rings. The summed E-state index contributed by atoms with van der Waals surface area (Å²) in [7, 11) is 0. The number of pyridine rings is 1. The van der Waals surface area contributed by atoms with Gasteiger partial charge in [-0.2, -0.15) is 0 Å². The van der Waals surface area contributed by atoms with E-state index in [2.05, 4.69) is 22.3 Å². The van der Waals surface area contributed by atoms with Crippen LogP contribution in [0.1, 0.15) is 50.5 Å². The maximum Gasteiger partial charge on any atom is 0.133 e. The Bertz CT molecular complexity index is 469. The molecule has 0 aromatic carbocycles. The molecule has 2 atom stereocenters. The van der Waals surface area contributed by atoms with Crippen LogP contribution < -0.4 is 10.2 Å². The number of fused-ring (bicyclic) bond motifs is 1. The molecule has 1 N–H and O–H groups in total. The van der Waals surface area contributed by atoms with Crippen molar-refractivity contribution in [3.05, 3.63) is 23.9 Å². The molecule has 2 saturated carbocycles. The lowest BCUT2D eigenvalue weighted by Gasteiger charge is -2.33. The minimum atomic E-state index is 0.762. The first-order chi connectivity index (χ1) is 9.92. The Morgan fingerprint density at radius 2 is 2.05 bits per heavy atom. The molecule has 20 heavy (non-hydrogen) atoms. The quantitative estimate of drug-likeness (QED) is 0.912. The van der Waals surface area contributed by atoms with Gasteiger partial charge in [-0.25, -0.2) is 4.98 Å². The zero-order valence-electron chi connectivity index (χ0n) is 12.2. The van der Waals surface area contributed by atoms with E-state index in [-0.39, 0.29) is 0 Å². The second kappa shape index (κ2) is 5.36. The predicted molar refractivity (Wildman–Crippen MR) is 81.8 cm³/mol. The average molecular weight is 271 g/mol. The molecule has 0 bridgehead atoms. The molecule has 0 radical (unpaired) electrons. The van der Waals surface area contributed by atoms with Crippen LogP contribution in [-0.4, -0.2) is 23.6 Å². The van der Waals surface area contributed by atoms with Crippen LogP contribution in [0.5, 0.6) is 0 Å². The number of aromatic nitrogens is 1. The number of hydrogen-bond donors (Lipinski definition) is 1. The number of rotatable bonds is 4. The number of hydrogen-bond acceptors (Lipinski definition) is 3. The van der Waals surface area contributed by atoms with Crippen LogP contribution in [-0.2, 0) is 6.54 Å². The largest absolute Gasteiger partial charge is 0.353 e. The van der Waals surface area contributed by atoms with Gasteiger partial charge >= 0.3 is 0 Å². The van der Waals surface area contributed by atoms with E-state index in [1.54, 1.807) is 0 Å². The Kier molecular flexibility index (Phi) is 3.39. The molecule has 3 nitrogen and oxygen atoms in total. The fourth-order valence-electron chi connectivity index (χ4n) is 4.04. The van der Waals surface area contributed by atoms with E-state index in [0.717, 1.165) is 24.5 Å². The van der Waals surface area contributed by atoms with E-state index in [0.29, 0.717) is 0 Å². The molecule has 2 aliphatic carbocycles. The molecule has 3 fully saturated rings. The van der Waals surface area contributed by atoms with Crippen LogP contribution >= 0.6 is 0 Å². The second-order valence-electron chi connectivity index (χ2n) is 6.74. The van der Waals surface area contributed by atoms with Gasteiger partial charge in [-0.1, -0.05) is 18.9 Å². The Hall–Kier alpha value is -1.09. The van der Waals surface area contributed by atoms with Crippen LogP contribution in [0.2, 0.25) is 0 Å². The fraction of sp³-hybridized carbons (Fsp3) is 0.706. The fourth-order valence-corrected chi connectivity index (χ4v) is 4.04. The van der Waals surface area contributed by atoms with Gasteiger partial charge in [0, 0.05) is 36.9 Å². The summed E-state index contributed by atoms with van der Waals surface area (Å²) in [6.07, 6.45) is 11.7. The predicted octanol–water partition coefficient (Wildman–Crippen LogP) is 3.10. The topological polar surface area (TPSA) is 28.2 Å². The van der Waals surface area contributed by atoms with Gasteiger partial charge in [0.1, 0.15) is 5.82 Å². The average Bonchev–Trinajstić information content (AvgIpc) is 3.23. The van der Waals surface area contributed by atoms with Crippen molar-refractivity contribution >= 4 is 5.82 Å². The normalized spacial score (nSPS) is 29.5. The minimum absolute atomic E-state index is 0.762.